The van der Waals surface area contributed by atoms with Crippen molar-refractivity contribution in [3.8, 4) is 5.75 Å². The zero-order valence-corrected chi connectivity index (χ0v) is 15.5. The van der Waals surface area contributed by atoms with Crippen LogP contribution in [0.25, 0.3) is 0 Å². The number of benzene rings is 3. The molecule has 0 unspecified atom stereocenters. The number of nitrogens with zero attached hydrogens (tertiary/aromatic N) is 1. The molecule has 0 bridgehead atoms. The Hall–Kier alpha value is -3.14. The smallest absolute Gasteiger partial charge is 0.233 e. The molecule has 4 heteroatoms. The minimum absolute atomic E-state index is 0.0674. The van der Waals surface area contributed by atoms with Crippen molar-refractivity contribution in [1.29, 1.82) is 0 Å². The summed E-state index contributed by atoms with van der Waals surface area (Å²) in [6, 6.07) is 23.3. The molecule has 1 amide bonds. The van der Waals surface area contributed by atoms with Crippen molar-refractivity contribution in [3.63, 3.8) is 0 Å². The van der Waals surface area contributed by atoms with E-state index in [2.05, 4.69) is 12.1 Å². The molecule has 0 aliphatic carbocycles. The molecule has 1 N–H and O–H groups in total. The first-order valence-electron chi connectivity index (χ1n) is 9.52. The Balaban J connectivity index is 1.53. The predicted molar refractivity (Wildman–Crippen MR) is 106 cm³/mol. The number of halogens is 1. The summed E-state index contributed by atoms with van der Waals surface area (Å²) < 4.78 is 13.3. The molecule has 2 atom stereocenters. The molecule has 0 saturated carbocycles. The fraction of sp³-hybridized carbons (Fsp3) is 0.208. The van der Waals surface area contributed by atoms with Gasteiger partial charge in [-0.05, 0) is 53.8 Å². The van der Waals surface area contributed by atoms with Crippen LogP contribution in [0.15, 0.2) is 78.9 Å². The van der Waals surface area contributed by atoms with Crippen LogP contribution in [0.1, 0.15) is 35.1 Å². The number of carbonyl (C=O) groups is 1. The van der Waals surface area contributed by atoms with Gasteiger partial charge in [0.1, 0.15) is 11.6 Å². The van der Waals surface area contributed by atoms with Crippen molar-refractivity contribution in [2.24, 2.45) is 0 Å². The Morgan fingerprint density at radius 2 is 1.50 bits per heavy atom. The summed E-state index contributed by atoms with van der Waals surface area (Å²) in [6.07, 6.45) is 1.79. The van der Waals surface area contributed by atoms with Crippen LogP contribution in [0, 0.1) is 5.82 Å². The number of carbonyl (C=O) groups excluding carboxylic acids is 1. The van der Waals surface area contributed by atoms with Gasteiger partial charge in [-0.25, -0.2) is 4.39 Å². The van der Waals surface area contributed by atoms with Crippen molar-refractivity contribution in [2.75, 3.05) is 6.54 Å². The fourth-order valence-corrected chi connectivity index (χ4v) is 3.93. The standard InChI is InChI=1S/C24H22FNO2/c25-20-12-8-18(9-13-20)22-23(19-10-14-21(27)15-11-19)26(24(22)28)16-4-7-17-5-2-1-3-6-17/h1-3,5-6,8-15,22-23,27H,4,7,16H2/t22-,23+/m1/s1. The lowest BCUT2D eigenvalue weighted by molar-refractivity contribution is -0.150. The quantitative estimate of drug-likeness (QED) is 0.627. The Kier molecular flexibility index (Phi) is 5.11. The van der Waals surface area contributed by atoms with Gasteiger partial charge in [0, 0.05) is 6.54 Å². The van der Waals surface area contributed by atoms with E-state index in [-0.39, 0.29) is 29.4 Å². The second-order valence-electron chi connectivity index (χ2n) is 7.19. The molecular weight excluding hydrogens is 353 g/mol. The lowest BCUT2D eigenvalue weighted by Gasteiger charge is -2.48. The van der Waals surface area contributed by atoms with E-state index in [4.69, 9.17) is 0 Å². The van der Waals surface area contributed by atoms with Gasteiger partial charge in [0.2, 0.25) is 5.91 Å². The number of amides is 1. The second kappa shape index (κ2) is 7.85. The molecule has 3 aromatic rings. The second-order valence-corrected chi connectivity index (χ2v) is 7.19. The van der Waals surface area contributed by atoms with E-state index in [1.165, 1.54) is 17.7 Å². The SMILES string of the molecule is O=C1[C@H](c2ccc(F)cc2)[C@H](c2ccc(O)cc2)N1CCCc1ccccc1. The lowest BCUT2D eigenvalue weighted by Crippen LogP contribution is -2.53. The molecule has 0 radical (unpaired) electrons. The van der Waals surface area contributed by atoms with Crippen LogP contribution in [0.2, 0.25) is 0 Å². The first kappa shape index (κ1) is 18.2. The molecule has 1 heterocycles. The molecule has 1 fully saturated rings. The zero-order chi connectivity index (χ0) is 19.5. The predicted octanol–water partition coefficient (Wildman–Crippen LogP) is 4.83. The Morgan fingerprint density at radius 1 is 0.857 bits per heavy atom. The van der Waals surface area contributed by atoms with Gasteiger partial charge in [-0.3, -0.25) is 4.79 Å². The fourth-order valence-electron chi connectivity index (χ4n) is 3.93. The maximum Gasteiger partial charge on any atom is 0.233 e. The van der Waals surface area contributed by atoms with E-state index < -0.39 is 0 Å². The lowest BCUT2D eigenvalue weighted by atomic mass is 9.77. The van der Waals surface area contributed by atoms with Crippen LogP contribution >= 0.6 is 0 Å². The molecule has 1 saturated heterocycles. The van der Waals surface area contributed by atoms with Gasteiger partial charge in [-0.2, -0.15) is 0 Å². The number of hydrogen-bond donors (Lipinski definition) is 1. The van der Waals surface area contributed by atoms with Crippen LogP contribution in [0.5, 0.6) is 5.75 Å². The maximum absolute atomic E-state index is 13.3. The molecule has 1 aliphatic heterocycles. The van der Waals surface area contributed by atoms with E-state index >= 15 is 0 Å². The highest BCUT2D eigenvalue weighted by atomic mass is 19.1. The molecule has 142 valence electrons. The molecule has 0 spiro atoms. The molecule has 0 aromatic heterocycles. The van der Waals surface area contributed by atoms with Crippen LogP contribution in [0.3, 0.4) is 0 Å². The Labute approximate surface area is 164 Å². The third-order valence-electron chi connectivity index (χ3n) is 5.37. The van der Waals surface area contributed by atoms with Gasteiger partial charge >= 0.3 is 0 Å². The summed E-state index contributed by atoms with van der Waals surface area (Å²) in [6.45, 7) is 0.664. The van der Waals surface area contributed by atoms with Crippen LogP contribution in [-0.2, 0) is 11.2 Å². The van der Waals surface area contributed by atoms with Gasteiger partial charge in [0.25, 0.3) is 0 Å². The zero-order valence-electron chi connectivity index (χ0n) is 15.5. The number of aryl methyl sites for hydroxylation is 1. The molecule has 4 rings (SSSR count). The van der Waals surface area contributed by atoms with E-state index in [1.807, 2.05) is 35.2 Å². The van der Waals surface area contributed by atoms with E-state index in [0.717, 1.165) is 24.0 Å². The summed E-state index contributed by atoms with van der Waals surface area (Å²) in [5.74, 6) is -0.362. The number of phenols is 1. The normalized spacial score (nSPS) is 18.8. The van der Waals surface area contributed by atoms with Crippen molar-refractivity contribution >= 4 is 5.91 Å². The number of likely N-dealkylation sites (tertiary alicyclic amines) is 1. The monoisotopic (exact) mass is 375 g/mol. The van der Waals surface area contributed by atoms with Gasteiger partial charge in [-0.1, -0.05) is 54.6 Å². The first-order chi connectivity index (χ1) is 13.6. The number of rotatable bonds is 6. The summed E-state index contributed by atoms with van der Waals surface area (Å²) in [5.41, 5.74) is 3.06. The van der Waals surface area contributed by atoms with Gasteiger partial charge in [0.05, 0.1) is 12.0 Å². The number of phenolic OH excluding ortho intramolecular Hbond substituents is 1. The Bertz CT molecular complexity index is 939. The third-order valence-corrected chi connectivity index (χ3v) is 5.37. The van der Waals surface area contributed by atoms with Gasteiger partial charge < -0.3 is 10.0 Å². The van der Waals surface area contributed by atoms with Gasteiger partial charge in [0.15, 0.2) is 0 Å². The molecule has 28 heavy (non-hydrogen) atoms. The molecule has 1 aliphatic rings. The average molecular weight is 375 g/mol. The maximum atomic E-state index is 13.3. The van der Waals surface area contributed by atoms with Crippen LogP contribution in [-0.4, -0.2) is 22.5 Å². The summed E-state index contributed by atoms with van der Waals surface area (Å²) >= 11 is 0. The number of aromatic hydroxyl groups is 1. The summed E-state index contributed by atoms with van der Waals surface area (Å²) in [7, 11) is 0. The van der Waals surface area contributed by atoms with E-state index in [9.17, 15) is 14.3 Å². The van der Waals surface area contributed by atoms with Crippen LogP contribution < -0.4 is 0 Å². The highest BCUT2D eigenvalue weighted by Crippen LogP contribution is 2.46. The Morgan fingerprint density at radius 3 is 2.18 bits per heavy atom. The highest BCUT2D eigenvalue weighted by Gasteiger charge is 2.48. The largest absolute Gasteiger partial charge is 0.508 e. The van der Waals surface area contributed by atoms with Crippen molar-refractivity contribution in [2.45, 2.75) is 24.8 Å². The van der Waals surface area contributed by atoms with E-state index in [1.54, 1.807) is 24.3 Å². The molecule has 3 nitrogen and oxygen atoms in total. The van der Waals surface area contributed by atoms with Crippen molar-refractivity contribution < 1.29 is 14.3 Å². The minimum atomic E-state index is -0.318. The number of hydrogen-bond acceptors (Lipinski definition) is 2. The van der Waals surface area contributed by atoms with Crippen molar-refractivity contribution in [3.05, 3.63) is 101 Å². The topological polar surface area (TPSA) is 40.5 Å². The van der Waals surface area contributed by atoms with Crippen LogP contribution in [0.4, 0.5) is 4.39 Å². The summed E-state index contributed by atoms with van der Waals surface area (Å²) in [4.78, 5) is 14.8. The van der Waals surface area contributed by atoms with E-state index in [0.29, 0.717) is 6.54 Å². The average Bonchev–Trinajstić information content (AvgIpc) is 2.72. The molecular formula is C24H22FNO2. The summed E-state index contributed by atoms with van der Waals surface area (Å²) in [5, 5.41) is 9.61. The first-order valence-corrected chi connectivity index (χ1v) is 9.52. The number of β-lactam (4-membered cyclic amide) rings is 1. The third kappa shape index (κ3) is 3.63. The van der Waals surface area contributed by atoms with Crippen molar-refractivity contribution in [1.82, 2.24) is 4.90 Å². The van der Waals surface area contributed by atoms with Gasteiger partial charge in [-0.15, -0.1) is 0 Å². The minimum Gasteiger partial charge on any atom is -0.508 e. The highest BCUT2D eigenvalue weighted by molar-refractivity contribution is 5.91. The molecule has 3 aromatic carbocycles.